The Hall–Kier alpha value is -2.33. The fourth-order valence-corrected chi connectivity index (χ4v) is 2.17. The highest BCUT2D eigenvalue weighted by Gasteiger charge is 2.27. The molecule has 1 aliphatic heterocycles. The van der Waals surface area contributed by atoms with Gasteiger partial charge >= 0.3 is 0 Å². The van der Waals surface area contributed by atoms with Crippen LogP contribution >= 0.6 is 0 Å². The second-order valence-electron chi connectivity index (χ2n) is 4.58. The van der Waals surface area contributed by atoms with Crippen LogP contribution in [0, 0.1) is 0 Å². The van der Waals surface area contributed by atoms with Gasteiger partial charge in [0.1, 0.15) is 5.75 Å². The van der Waals surface area contributed by atoms with Crippen LogP contribution in [0.3, 0.4) is 0 Å². The molecule has 0 saturated heterocycles. The molecular formula is C16H16N2O2. The van der Waals surface area contributed by atoms with Crippen LogP contribution in [-0.4, -0.2) is 25.1 Å². The van der Waals surface area contributed by atoms with Crippen molar-refractivity contribution in [2.45, 2.75) is 6.17 Å². The van der Waals surface area contributed by atoms with Crippen molar-refractivity contribution >= 4 is 5.90 Å². The van der Waals surface area contributed by atoms with E-state index < -0.39 is 0 Å². The Morgan fingerprint density at radius 2 is 1.75 bits per heavy atom. The lowest BCUT2D eigenvalue weighted by Crippen LogP contribution is -2.18. The Labute approximate surface area is 118 Å². The maximum Gasteiger partial charge on any atom is 0.242 e. The van der Waals surface area contributed by atoms with Crippen LogP contribution in [0.5, 0.6) is 5.75 Å². The lowest BCUT2D eigenvalue weighted by molar-refractivity contribution is -0.0571. The Bertz CT molecular complexity index is 608. The first kappa shape index (κ1) is 12.7. The van der Waals surface area contributed by atoms with E-state index in [0.717, 1.165) is 16.9 Å². The highest BCUT2D eigenvalue weighted by atomic mass is 16.7. The van der Waals surface area contributed by atoms with Gasteiger partial charge in [-0.25, -0.2) is 4.99 Å². The van der Waals surface area contributed by atoms with Crippen LogP contribution in [0.4, 0.5) is 0 Å². The van der Waals surface area contributed by atoms with Gasteiger partial charge < -0.3 is 9.57 Å². The molecule has 0 N–H and O–H groups in total. The largest absolute Gasteiger partial charge is 0.497 e. The van der Waals surface area contributed by atoms with Crippen LogP contribution in [0.25, 0.3) is 0 Å². The minimum absolute atomic E-state index is 0.129. The monoisotopic (exact) mass is 268 g/mol. The Morgan fingerprint density at radius 3 is 2.40 bits per heavy atom. The molecule has 0 aliphatic carbocycles. The van der Waals surface area contributed by atoms with Crippen molar-refractivity contribution < 1.29 is 9.57 Å². The summed E-state index contributed by atoms with van der Waals surface area (Å²) >= 11 is 0. The first-order chi connectivity index (χ1) is 9.78. The van der Waals surface area contributed by atoms with E-state index in [9.17, 15) is 0 Å². The van der Waals surface area contributed by atoms with E-state index in [-0.39, 0.29) is 6.17 Å². The molecule has 0 aromatic heterocycles. The molecule has 1 unspecified atom stereocenters. The van der Waals surface area contributed by atoms with E-state index in [0.29, 0.717) is 5.90 Å². The molecule has 4 nitrogen and oxygen atoms in total. The van der Waals surface area contributed by atoms with E-state index in [1.807, 2.05) is 61.6 Å². The molecule has 0 saturated carbocycles. The van der Waals surface area contributed by atoms with Gasteiger partial charge in [-0.3, -0.25) is 0 Å². The molecule has 2 aromatic carbocycles. The van der Waals surface area contributed by atoms with Gasteiger partial charge in [0, 0.05) is 12.6 Å². The first-order valence-electron chi connectivity index (χ1n) is 6.46. The number of nitrogens with zero attached hydrogens (tertiary/aromatic N) is 2. The molecule has 0 fully saturated rings. The summed E-state index contributed by atoms with van der Waals surface area (Å²) in [7, 11) is 3.54. The van der Waals surface area contributed by atoms with Crippen molar-refractivity contribution in [2.24, 2.45) is 4.99 Å². The van der Waals surface area contributed by atoms with Crippen molar-refractivity contribution in [1.29, 1.82) is 0 Å². The normalized spacial score (nSPS) is 18.5. The zero-order valence-corrected chi connectivity index (χ0v) is 11.5. The lowest BCUT2D eigenvalue weighted by Gasteiger charge is -2.16. The summed E-state index contributed by atoms with van der Waals surface area (Å²) in [6, 6.07) is 17.8. The summed E-state index contributed by atoms with van der Waals surface area (Å²) in [6.07, 6.45) is -0.129. The van der Waals surface area contributed by atoms with Gasteiger partial charge in [-0.1, -0.05) is 30.3 Å². The van der Waals surface area contributed by atoms with Crippen LogP contribution in [-0.2, 0) is 4.84 Å². The van der Waals surface area contributed by atoms with E-state index >= 15 is 0 Å². The Kier molecular flexibility index (Phi) is 3.39. The van der Waals surface area contributed by atoms with Gasteiger partial charge in [-0.2, -0.15) is 0 Å². The van der Waals surface area contributed by atoms with Gasteiger partial charge in [0.2, 0.25) is 5.90 Å². The standard InChI is InChI=1S/C16H16N2O2/c1-18-15(12-8-10-14(19-2)11-9-12)17-16(20-18)13-6-4-3-5-7-13/h3-11,15H,1-2H3. The minimum Gasteiger partial charge on any atom is -0.497 e. The molecule has 20 heavy (non-hydrogen) atoms. The van der Waals surface area contributed by atoms with Gasteiger partial charge in [-0.15, -0.1) is 5.06 Å². The van der Waals surface area contributed by atoms with Gasteiger partial charge in [0.05, 0.1) is 7.11 Å². The average Bonchev–Trinajstić information content (AvgIpc) is 2.90. The summed E-state index contributed by atoms with van der Waals surface area (Å²) in [6.45, 7) is 0. The second-order valence-corrected chi connectivity index (χ2v) is 4.58. The fourth-order valence-electron chi connectivity index (χ4n) is 2.17. The predicted octanol–water partition coefficient (Wildman–Crippen LogP) is 3.02. The Morgan fingerprint density at radius 1 is 1.05 bits per heavy atom. The van der Waals surface area contributed by atoms with Crippen molar-refractivity contribution in [3.05, 3.63) is 65.7 Å². The summed E-state index contributed by atoms with van der Waals surface area (Å²) in [5.41, 5.74) is 2.05. The summed E-state index contributed by atoms with van der Waals surface area (Å²) in [5, 5.41) is 1.75. The molecule has 0 spiro atoms. The van der Waals surface area contributed by atoms with E-state index in [2.05, 4.69) is 4.99 Å². The van der Waals surface area contributed by atoms with Crippen LogP contribution in [0.15, 0.2) is 59.6 Å². The molecule has 0 radical (unpaired) electrons. The number of rotatable bonds is 3. The van der Waals surface area contributed by atoms with Gasteiger partial charge in [-0.05, 0) is 29.8 Å². The predicted molar refractivity (Wildman–Crippen MR) is 77.6 cm³/mol. The van der Waals surface area contributed by atoms with Crippen molar-refractivity contribution in [1.82, 2.24) is 5.06 Å². The number of aliphatic imine (C=N–C) groups is 1. The number of hydroxylamine groups is 2. The third-order valence-corrected chi connectivity index (χ3v) is 3.25. The van der Waals surface area contributed by atoms with Crippen molar-refractivity contribution in [3.8, 4) is 5.75 Å². The van der Waals surface area contributed by atoms with Crippen molar-refractivity contribution in [3.63, 3.8) is 0 Å². The molecule has 102 valence electrons. The summed E-state index contributed by atoms with van der Waals surface area (Å²) in [5.74, 6) is 1.48. The van der Waals surface area contributed by atoms with E-state index in [1.54, 1.807) is 12.2 Å². The van der Waals surface area contributed by atoms with Crippen LogP contribution in [0.2, 0.25) is 0 Å². The minimum atomic E-state index is -0.129. The smallest absolute Gasteiger partial charge is 0.242 e. The van der Waals surface area contributed by atoms with Crippen LogP contribution in [0.1, 0.15) is 17.3 Å². The topological polar surface area (TPSA) is 34.1 Å². The zero-order chi connectivity index (χ0) is 13.9. The summed E-state index contributed by atoms with van der Waals surface area (Å²) in [4.78, 5) is 10.4. The number of hydrogen-bond acceptors (Lipinski definition) is 4. The molecule has 0 amide bonds. The zero-order valence-electron chi connectivity index (χ0n) is 11.5. The number of hydrogen-bond donors (Lipinski definition) is 0. The van der Waals surface area contributed by atoms with Crippen LogP contribution < -0.4 is 4.74 Å². The number of ether oxygens (including phenoxy) is 1. The third-order valence-electron chi connectivity index (χ3n) is 3.25. The first-order valence-corrected chi connectivity index (χ1v) is 6.46. The highest BCUT2D eigenvalue weighted by molar-refractivity contribution is 5.94. The fraction of sp³-hybridized carbons (Fsp3) is 0.188. The maximum atomic E-state index is 5.72. The maximum absolute atomic E-state index is 5.72. The molecule has 1 aliphatic rings. The molecule has 4 heteroatoms. The van der Waals surface area contributed by atoms with E-state index in [4.69, 9.17) is 9.57 Å². The molecular weight excluding hydrogens is 252 g/mol. The molecule has 0 bridgehead atoms. The summed E-state index contributed by atoms with van der Waals surface area (Å²) < 4.78 is 5.17. The molecule has 1 atom stereocenters. The molecule has 2 aromatic rings. The highest BCUT2D eigenvalue weighted by Crippen LogP contribution is 2.29. The quantitative estimate of drug-likeness (QED) is 0.858. The number of benzene rings is 2. The molecule has 1 heterocycles. The van der Waals surface area contributed by atoms with Crippen molar-refractivity contribution in [2.75, 3.05) is 14.2 Å². The lowest BCUT2D eigenvalue weighted by atomic mass is 10.1. The Balaban J connectivity index is 1.88. The second kappa shape index (κ2) is 5.35. The SMILES string of the molecule is COc1ccc(C2N=C(c3ccccc3)ON2C)cc1. The molecule has 3 rings (SSSR count). The average molecular weight is 268 g/mol. The van der Waals surface area contributed by atoms with Gasteiger partial charge in [0.25, 0.3) is 0 Å². The van der Waals surface area contributed by atoms with E-state index in [1.165, 1.54) is 0 Å². The third kappa shape index (κ3) is 2.38. The number of methoxy groups -OCH3 is 1. The van der Waals surface area contributed by atoms with Gasteiger partial charge in [0.15, 0.2) is 6.17 Å².